The number of aryl methyl sites for hydroxylation is 1. The van der Waals surface area contributed by atoms with Gasteiger partial charge in [0.05, 0.1) is 5.71 Å². The summed E-state index contributed by atoms with van der Waals surface area (Å²) in [5.74, 6) is 0.123. The lowest BCUT2D eigenvalue weighted by Gasteiger charge is -2.27. The van der Waals surface area contributed by atoms with Crippen LogP contribution in [-0.4, -0.2) is 47.6 Å². The molecule has 1 aliphatic rings. The van der Waals surface area contributed by atoms with Gasteiger partial charge in [-0.3, -0.25) is 4.90 Å². The normalized spacial score (nSPS) is 16.3. The predicted molar refractivity (Wildman–Crippen MR) is 127 cm³/mol. The Hall–Kier alpha value is -3.29. The van der Waals surface area contributed by atoms with Gasteiger partial charge < -0.3 is 14.7 Å². The van der Waals surface area contributed by atoms with E-state index in [1.54, 1.807) is 18.2 Å². The average Bonchev–Trinajstić information content (AvgIpc) is 3.27. The van der Waals surface area contributed by atoms with Crippen molar-refractivity contribution in [2.75, 3.05) is 19.7 Å². The van der Waals surface area contributed by atoms with Gasteiger partial charge in [0.25, 0.3) is 0 Å². The summed E-state index contributed by atoms with van der Waals surface area (Å²) in [4.78, 5) is 7.64. The van der Waals surface area contributed by atoms with Gasteiger partial charge in [0, 0.05) is 26.1 Å². The maximum Gasteiger partial charge on any atom is 0.145 e. The number of ether oxygens (including phenoxy) is 1. The number of aliphatic hydroxyl groups is 1. The van der Waals surface area contributed by atoms with Gasteiger partial charge >= 0.3 is 0 Å². The van der Waals surface area contributed by atoms with Gasteiger partial charge in [0.15, 0.2) is 0 Å². The minimum absolute atomic E-state index is 0.132. The van der Waals surface area contributed by atoms with Crippen molar-refractivity contribution in [3.8, 4) is 5.75 Å². The molecule has 1 N–H and O–H groups in total. The first-order valence-corrected chi connectivity index (χ1v) is 11.3. The van der Waals surface area contributed by atoms with Crippen LogP contribution in [0, 0.1) is 18.6 Å². The van der Waals surface area contributed by atoms with Crippen molar-refractivity contribution in [1.82, 2.24) is 4.90 Å². The molecule has 0 amide bonds. The van der Waals surface area contributed by atoms with Gasteiger partial charge in [-0.15, -0.1) is 0 Å². The summed E-state index contributed by atoms with van der Waals surface area (Å²) >= 11 is 0. The monoisotopic (exact) mass is 466 g/mol. The molecule has 0 spiro atoms. The third kappa shape index (κ3) is 6.62. The molecule has 1 aliphatic heterocycles. The van der Waals surface area contributed by atoms with Crippen LogP contribution < -0.4 is 4.74 Å². The fourth-order valence-electron chi connectivity index (χ4n) is 3.98. The van der Waals surface area contributed by atoms with Gasteiger partial charge in [-0.05, 0) is 53.9 Å². The van der Waals surface area contributed by atoms with Crippen LogP contribution in [0.25, 0.3) is 0 Å². The Bertz CT molecular complexity index is 1120. The maximum absolute atomic E-state index is 13.7. The number of benzene rings is 3. The first-order chi connectivity index (χ1) is 16.5. The number of rotatable bonds is 10. The van der Waals surface area contributed by atoms with E-state index in [-0.39, 0.29) is 24.3 Å². The van der Waals surface area contributed by atoms with Crippen LogP contribution in [0.3, 0.4) is 0 Å². The molecule has 0 aliphatic carbocycles. The highest BCUT2D eigenvalue weighted by Gasteiger charge is 2.26. The van der Waals surface area contributed by atoms with E-state index in [0.29, 0.717) is 26.1 Å². The zero-order valence-electron chi connectivity index (χ0n) is 19.0. The summed E-state index contributed by atoms with van der Waals surface area (Å²) in [6.07, 6.45) is -0.439. The van der Waals surface area contributed by atoms with Crippen LogP contribution in [0.2, 0.25) is 0 Å². The molecular weight excluding hydrogens is 438 g/mol. The molecule has 0 aromatic heterocycles. The minimum atomic E-state index is -0.757. The van der Waals surface area contributed by atoms with E-state index in [2.05, 4.69) is 5.16 Å². The standard InChI is InChI=1S/C27H28F2N2O3/c1-19-5-2-3-8-27(19)33-18-24(32)16-31(15-20-6-4-7-23(29)13-20)17-25-14-26(30-34-25)21-9-11-22(28)12-10-21/h2-13,24-25,32H,14-18H2,1H3. The second-order valence-corrected chi connectivity index (χ2v) is 8.53. The molecule has 2 atom stereocenters. The molecule has 2 unspecified atom stereocenters. The highest BCUT2D eigenvalue weighted by Crippen LogP contribution is 2.20. The highest BCUT2D eigenvalue weighted by atomic mass is 19.1. The van der Waals surface area contributed by atoms with Crippen LogP contribution in [-0.2, 0) is 11.4 Å². The second kappa shape index (κ2) is 11.2. The predicted octanol–water partition coefficient (Wildman–Crippen LogP) is 4.71. The Morgan fingerprint density at radius 2 is 1.85 bits per heavy atom. The van der Waals surface area contributed by atoms with Crippen molar-refractivity contribution in [3.05, 3.63) is 101 Å². The number of aliphatic hydroxyl groups excluding tert-OH is 1. The van der Waals surface area contributed by atoms with Crippen LogP contribution in [0.15, 0.2) is 78.0 Å². The summed E-state index contributed by atoms with van der Waals surface area (Å²) in [5, 5.41) is 14.9. The Kier molecular flexibility index (Phi) is 7.87. The lowest BCUT2D eigenvalue weighted by atomic mass is 10.0. The van der Waals surface area contributed by atoms with Crippen LogP contribution >= 0.6 is 0 Å². The molecule has 0 saturated heterocycles. The van der Waals surface area contributed by atoms with Crippen molar-refractivity contribution in [2.45, 2.75) is 32.1 Å². The Morgan fingerprint density at radius 1 is 1.06 bits per heavy atom. The molecule has 7 heteroatoms. The molecule has 3 aromatic rings. The number of hydrogen-bond donors (Lipinski definition) is 1. The fraction of sp³-hybridized carbons (Fsp3) is 0.296. The van der Waals surface area contributed by atoms with Crippen molar-refractivity contribution in [3.63, 3.8) is 0 Å². The number of hydrogen-bond acceptors (Lipinski definition) is 5. The molecule has 0 saturated carbocycles. The third-order valence-electron chi connectivity index (χ3n) is 5.66. The van der Waals surface area contributed by atoms with Gasteiger partial charge in [-0.2, -0.15) is 0 Å². The van der Waals surface area contributed by atoms with E-state index >= 15 is 0 Å². The molecule has 178 valence electrons. The minimum Gasteiger partial charge on any atom is -0.491 e. The number of nitrogens with zero attached hydrogens (tertiary/aromatic N) is 2. The van der Waals surface area contributed by atoms with Crippen LogP contribution in [0.5, 0.6) is 5.75 Å². The molecule has 5 nitrogen and oxygen atoms in total. The second-order valence-electron chi connectivity index (χ2n) is 8.53. The van der Waals surface area contributed by atoms with E-state index in [1.807, 2.05) is 42.2 Å². The molecule has 34 heavy (non-hydrogen) atoms. The number of para-hydroxylation sites is 1. The largest absolute Gasteiger partial charge is 0.491 e. The van der Waals surface area contributed by atoms with E-state index in [0.717, 1.165) is 28.2 Å². The maximum atomic E-state index is 13.7. The molecule has 1 heterocycles. The lowest BCUT2D eigenvalue weighted by Crippen LogP contribution is -2.39. The summed E-state index contributed by atoms with van der Waals surface area (Å²) in [6, 6.07) is 20.2. The molecule has 0 radical (unpaired) electrons. The zero-order chi connectivity index (χ0) is 23.9. The Balaban J connectivity index is 1.38. The molecule has 3 aromatic carbocycles. The van der Waals surface area contributed by atoms with E-state index in [4.69, 9.17) is 9.57 Å². The number of halogens is 2. The Labute approximate surface area is 198 Å². The molecule has 0 bridgehead atoms. The van der Waals surface area contributed by atoms with Crippen LogP contribution in [0.4, 0.5) is 8.78 Å². The van der Waals surface area contributed by atoms with Crippen molar-refractivity contribution in [1.29, 1.82) is 0 Å². The third-order valence-corrected chi connectivity index (χ3v) is 5.66. The number of oxime groups is 1. The van der Waals surface area contributed by atoms with Crippen LogP contribution in [0.1, 0.15) is 23.1 Å². The summed E-state index contributed by atoms with van der Waals surface area (Å²) in [6.45, 7) is 3.31. The first kappa shape index (κ1) is 23.9. The lowest BCUT2D eigenvalue weighted by molar-refractivity contribution is 0.0212. The van der Waals surface area contributed by atoms with Gasteiger partial charge in [0.1, 0.15) is 36.2 Å². The fourth-order valence-corrected chi connectivity index (χ4v) is 3.98. The van der Waals surface area contributed by atoms with Gasteiger partial charge in [-0.1, -0.05) is 47.6 Å². The first-order valence-electron chi connectivity index (χ1n) is 11.3. The smallest absolute Gasteiger partial charge is 0.145 e. The Morgan fingerprint density at radius 3 is 2.62 bits per heavy atom. The van der Waals surface area contributed by atoms with E-state index in [1.165, 1.54) is 24.3 Å². The molecular formula is C27H28F2N2O3. The van der Waals surface area contributed by atoms with Crippen molar-refractivity contribution >= 4 is 5.71 Å². The SMILES string of the molecule is Cc1ccccc1OCC(O)CN(Cc1cccc(F)c1)CC1CC(c2ccc(F)cc2)=NO1. The summed E-state index contributed by atoms with van der Waals surface area (Å²) < 4.78 is 32.8. The quantitative estimate of drug-likeness (QED) is 0.470. The summed E-state index contributed by atoms with van der Waals surface area (Å²) in [5.41, 5.74) is 3.35. The zero-order valence-corrected chi connectivity index (χ0v) is 19.0. The van der Waals surface area contributed by atoms with Crippen molar-refractivity contribution < 1.29 is 23.5 Å². The molecule has 4 rings (SSSR count). The van der Waals surface area contributed by atoms with Gasteiger partial charge in [-0.25, -0.2) is 8.78 Å². The highest BCUT2D eigenvalue weighted by molar-refractivity contribution is 6.01. The topological polar surface area (TPSA) is 54.3 Å². The molecule has 0 fully saturated rings. The van der Waals surface area contributed by atoms with Crippen molar-refractivity contribution in [2.24, 2.45) is 5.16 Å². The van der Waals surface area contributed by atoms with E-state index < -0.39 is 6.10 Å². The average molecular weight is 467 g/mol. The summed E-state index contributed by atoms with van der Waals surface area (Å²) in [7, 11) is 0. The van der Waals surface area contributed by atoms with E-state index in [9.17, 15) is 13.9 Å². The van der Waals surface area contributed by atoms with Gasteiger partial charge in [0.2, 0.25) is 0 Å².